The Morgan fingerprint density at radius 3 is 2.56 bits per heavy atom. The molecule has 0 bridgehead atoms. The van der Waals surface area contributed by atoms with Crippen molar-refractivity contribution >= 4 is 25.9 Å². The van der Waals surface area contributed by atoms with Crippen LogP contribution in [-0.2, 0) is 19.9 Å². The molecule has 0 saturated carbocycles. The summed E-state index contributed by atoms with van der Waals surface area (Å²) in [6.45, 7) is 2.33. The summed E-state index contributed by atoms with van der Waals surface area (Å²) in [5.74, 6) is -0.555. The van der Waals surface area contributed by atoms with E-state index in [1.165, 1.54) is 0 Å². The van der Waals surface area contributed by atoms with Gasteiger partial charge in [0.05, 0.1) is 16.8 Å². The second-order valence-electron chi connectivity index (χ2n) is 4.28. The number of carbonyl (C=O) groups is 1. The first kappa shape index (κ1) is 15.2. The van der Waals surface area contributed by atoms with E-state index in [1.807, 2.05) is 11.6 Å². The fourth-order valence-corrected chi connectivity index (χ4v) is 5.59. The van der Waals surface area contributed by atoms with Gasteiger partial charge in [0.2, 0.25) is 10.0 Å². The van der Waals surface area contributed by atoms with Gasteiger partial charge in [0.1, 0.15) is 0 Å². The number of hydrogen-bond acceptors (Lipinski definition) is 5. The summed E-state index contributed by atoms with van der Waals surface area (Å²) in [6, 6.07) is -0.798. The van der Waals surface area contributed by atoms with Crippen molar-refractivity contribution in [3.8, 4) is 0 Å². The zero-order valence-corrected chi connectivity index (χ0v) is 11.8. The number of urea groups is 1. The largest absolute Gasteiger partial charge is 0.337 e. The molecule has 1 heterocycles. The number of nitrogens with one attached hydrogen (secondary N) is 2. The Labute approximate surface area is 107 Å². The van der Waals surface area contributed by atoms with E-state index in [4.69, 9.17) is 0 Å². The molecule has 1 aliphatic heterocycles. The number of unbranched alkanes of at least 4 members (excludes halogenated alkanes) is 1. The molecule has 2 N–H and O–H groups in total. The molecule has 1 saturated heterocycles. The van der Waals surface area contributed by atoms with Gasteiger partial charge < -0.3 is 5.32 Å². The lowest BCUT2D eigenvalue weighted by Crippen LogP contribution is -2.44. The minimum Gasteiger partial charge on any atom is -0.337 e. The normalized spacial score (nSPS) is 22.6. The number of amides is 2. The van der Waals surface area contributed by atoms with Crippen LogP contribution in [0.15, 0.2) is 0 Å². The first-order valence-electron chi connectivity index (χ1n) is 5.77. The van der Waals surface area contributed by atoms with Gasteiger partial charge in [0.15, 0.2) is 9.84 Å². The first-order chi connectivity index (χ1) is 8.27. The molecule has 0 aromatic heterocycles. The Hall–Kier alpha value is -0.830. The molecule has 1 aliphatic rings. The van der Waals surface area contributed by atoms with E-state index in [1.54, 1.807) is 0 Å². The maximum Gasteiger partial charge on any atom is 0.328 e. The third-order valence-electron chi connectivity index (χ3n) is 2.68. The Morgan fingerprint density at radius 2 is 2.06 bits per heavy atom. The van der Waals surface area contributed by atoms with Crippen molar-refractivity contribution in [3.05, 3.63) is 0 Å². The number of sulfone groups is 1. The van der Waals surface area contributed by atoms with Crippen molar-refractivity contribution in [2.24, 2.45) is 0 Å². The SMILES string of the molecule is CCCCNC(=O)NS(=O)(=O)[C@@H]1CCS(=O)(=O)C1. The molecule has 0 aromatic carbocycles. The lowest BCUT2D eigenvalue weighted by atomic mass is 10.3. The molecule has 106 valence electrons. The molecule has 0 aliphatic carbocycles. The maximum absolute atomic E-state index is 11.7. The fourth-order valence-electron chi connectivity index (χ4n) is 1.63. The number of hydrogen-bond donors (Lipinski definition) is 2. The standard InChI is InChI=1S/C9H18N2O5S2/c1-2-3-5-10-9(12)11-18(15,16)8-4-6-17(13,14)7-8/h8H,2-7H2,1H3,(H2,10,11,12)/t8-/m1/s1. The number of rotatable bonds is 5. The molecule has 2 amide bonds. The number of sulfonamides is 1. The molecular formula is C9H18N2O5S2. The lowest BCUT2D eigenvalue weighted by molar-refractivity contribution is 0.245. The van der Waals surface area contributed by atoms with Crippen LogP contribution in [0.2, 0.25) is 0 Å². The van der Waals surface area contributed by atoms with Crippen molar-refractivity contribution < 1.29 is 21.6 Å². The summed E-state index contributed by atoms with van der Waals surface area (Å²) in [4.78, 5) is 11.3. The van der Waals surface area contributed by atoms with Gasteiger partial charge in [-0.3, -0.25) is 0 Å². The van der Waals surface area contributed by atoms with Gasteiger partial charge in [0, 0.05) is 6.54 Å². The van der Waals surface area contributed by atoms with E-state index < -0.39 is 36.9 Å². The Kier molecular flexibility index (Phi) is 4.97. The molecule has 18 heavy (non-hydrogen) atoms. The molecule has 0 spiro atoms. The highest BCUT2D eigenvalue weighted by atomic mass is 32.2. The van der Waals surface area contributed by atoms with Crippen LogP contribution >= 0.6 is 0 Å². The van der Waals surface area contributed by atoms with Crippen molar-refractivity contribution in [1.82, 2.24) is 10.0 Å². The van der Waals surface area contributed by atoms with Crippen LogP contribution in [0.5, 0.6) is 0 Å². The second kappa shape index (κ2) is 5.87. The molecule has 0 radical (unpaired) electrons. The van der Waals surface area contributed by atoms with Crippen LogP contribution in [0.1, 0.15) is 26.2 Å². The van der Waals surface area contributed by atoms with Gasteiger partial charge in [0.25, 0.3) is 0 Å². The van der Waals surface area contributed by atoms with Crippen LogP contribution in [0.3, 0.4) is 0 Å². The predicted octanol–water partition coefficient (Wildman–Crippen LogP) is -0.397. The maximum atomic E-state index is 11.7. The molecular weight excluding hydrogens is 280 g/mol. The highest BCUT2D eigenvalue weighted by Gasteiger charge is 2.37. The topological polar surface area (TPSA) is 109 Å². The van der Waals surface area contributed by atoms with E-state index >= 15 is 0 Å². The summed E-state index contributed by atoms with van der Waals surface area (Å²) in [5.41, 5.74) is 0. The zero-order chi connectivity index (χ0) is 13.8. The second-order valence-corrected chi connectivity index (χ2v) is 8.47. The molecule has 1 rings (SSSR count). The van der Waals surface area contributed by atoms with Crippen molar-refractivity contribution in [2.75, 3.05) is 18.1 Å². The Bertz CT molecular complexity index is 497. The minimum absolute atomic E-state index is 0.0416. The summed E-state index contributed by atoms with van der Waals surface area (Å²) < 4.78 is 47.7. The van der Waals surface area contributed by atoms with E-state index in [-0.39, 0.29) is 12.2 Å². The molecule has 0 unspecified atom stereocenters. The predicted molar refractivity (Wildman–Crippen MR) is 67.4 cm³/mol. The van der Waals surface area contributed by atoms with Crippen LogP contribution in [0.4, 0.5) is 4.79 Å². The highest BCUT2D eigenvalue weighted by molar-refractivity contribution is 7.95. The van der Waals surface area contributed by atoms with E-state index in [0.29, 0.717) is 6.54 Å². The van der Waals surface area contributed by atoms with Gasteiger partial charge in [-0.15, -0.1) is 0 Å². The van der Waals surface area contributed by atoms with Gasteiger partial charge in [-0.25, -0.2) is 26.4 Å². The Balaban J connectivity index is 2.53. The monoisotopic (exact) mass is 298 g/mol. The van der Waals surface area contributed by atoms with Crippen molar-refractivity contribution in [3.63, 3.8) is 0 Å². The van der Waals surface area contributed by atoms with Crippen LogP contribution in [0, 0.1) is 0 Å². The molecule has 1 fully saturated rings. The third kappa shape index (κ3) is 4.45. The van der Waals surface area contributed by atoms with Gasteiger partial charge >= 0.3 is 6.03 Å². The lowest BCUT2D eigenvalue weighted by Gasteiger charge is -2.11. The first-order valence-corrected chi connectivity index (χ1v) is 9.13. The van der Waals surface area contributed by atoms with Crippen LogP contribution < -0.4 is 10.0 Å². The summed E-state index contributed by atoms with van der Waals surface area (Å²) in [7, 11) is -7.19. The average molecular weight is 298 g/mol. The minimum atomic E-state index is -3.91. The average Bonchev–Trinajstić information content (AvgIpc) is 2.59. The van der Waals surface area contributed by atoms with Gasteiger partial charge in [-0.1, -0.05) is 13.3 Å². The third-order valence-corrected chi connectivity index (χ3v) is 6.41. The fraction of sp³-hybridized carbons (Fsp3) is 0.889. The number of carbonyl (C=O) groups excluding carboxylic acids is 1. The zero-order valence-electron chi connectivity index (χ0n) is 10.2. The highest BCUT2D eigenvalue weighted by Crippen LogP contribution is 2.17. The van der Waals surface area contributed by atoms with Gasteiger partial charge in [-0.2, -0.15) is 0 Å². The van der Waals surface area contributed by atoms with E-state index in [0.717, 1.165) is 12.8 Å². The summed E-state index contributed by atoms with van der Waals surface area (Å²) in [6.07, 6.45) is 1.68. The van der Waals surface area contributed by atoms with E-state index in [9.17, 15) is 21.6 Å². The smallest absolute Gasteiger partial charge is 0.328 e. The molecule has 9 heteroatoms. The van der Waals surface area contributed by atoms with Gasteiger partial charge in [-0.05, 0) is 12.8 Å². The summed E-state index contributed by atoms with van der Waals surface area (Å²) >= 11 is 0. The molecule has 7 nitrogen and oxygen atoms in total. The molecule has 0 aromatic rings. The Morgan fingerprint density at radius 1 is 1.39 bits per heavy atom. The van der Waals surface area contributed by atoms with Crippen molar-refractivity contribution in [1.29, 1.82) is 0 Å². The quantitative estimate of drug-likeness (QED) is 0.671. The molecule has 1 atom stereocenters. The summed E-state index contributed by atoms with van der Waals surface area (Å²) in [5, 5.41) is 1.38. The van der Waals surface area contributed by atoms with E-state index in [2.05, 4.69) is 5.32 Å². The van der Waals surface area contributed by atoms with Crippen LogP contribution in [0.25, 0.3) is 0 Å². The van der Waals surface area contributed by atoms with Crippen LogP contribution in [-0.4, -0.2) is 46.2 Å². The van der Waals surface area contributed by atoms with Crippen molar-refractivity contribution in [2.45, 2.75) is 31.4 Å².